The maximum absolute atomic E-state index is 8.64. The van der Waals surface area contributed by atoms with E-state index >= 15 is 0 Å². The van der Waals surface area contributed by atoms with Crippen molar-refractivity contribution in [3.63, 3.8) is 0 Å². The van der Waals surface area contributed by atoms with Crippen molar-refractivity contribution in [2.24, 2.45) is 10.2 Å². The summed E-state index contributed by atoms with van der Waals surface area (Å²) in [6, 6.07) is 13.3. The summed E-state index contributed by atoms with van der Waals surface area (Å²) < 4.78 is 0. The second-order valence-electron chi connectivity index (χ2n) is 3.59. The fourth-order valence-electron chi connectivity index (χ4n) is 1.42. The summed E-state index contributed by atoms with van der Waals surface area (Å²) in [4.78, 5) is 2.83. The van der Waals surface area contributed by atoms with Crippen molar-refractivity contribution in [3.05, 3.63) is 47.7 Å². The van der Waals surface area contributed by atoms with Crippen molar-refractivity contribution >= 4 is 11.5 Å². The Labute approximate surface area is 99.6 Å². The molecule has 0 saturated heterocycles. The lowest BCUT2D eigenvalue weighted by molar-refractivity contribution is 1.13. The van der Waals surface area contributed by atoms with Crippen LogP contribution in [0.25, 0.3) is 0 Å². The smallest absolute Gasteiger partial charge is 0.153 e. The second kappa shape index (κ2) is 5.08. The number of H-pyrrole nitrogens is 1. The van der Waals surface area contributed by atoms with E-state index in [0.717, 1.165) is 12.1 Å². The largest absolute Gasteiger partial charge is 0.330 e. The van der Waals surface area contributed by atoms with Crippen molar-refractivity contribution in [1.82, 2.24) is 4.98 Å². The van der Waals surface area contributed by atoms with Gasteiger partial charge in [0.05, 0.1) is 5.69 Å². The molecule has 1 N–H and O–H groups in total. The topological polar surface area (TPSA) is 64.3 Å². The number of aromatic nitrogens is 1. The highest BCUT2D eigenvalue weighted by Gasteiger charge is 1.95. The highest BCUT2D eigenvalue weighted by atomic mass is 15.1. The molecule has 1 aromatic carbocycles. The molecule has 0 saturated carbocycles. The van der Waals surface area contributed by atoms with Gasteiger partial charge in [0.25, 0.3) is 0 Å². The number of benzene rings is 1. The molecule has 0 aliphatic rings. The van der Waals surface area contributed by atoms with Crippen LogP contribution in [0.2, 0.25) is 0 Å². The molecule has 0 aliphatic heterocycles. The molecule has 0 spiro atoms. The Kier molecular flexibility index (Phi) is 3.31. The summed E-state index contributed by atoms with van der Waals surface area (Å²) in [6.07, 6.45) is 1.01. The minimum Gasteiger partial charge on any atom is -0.330 e. The SMILES string of the molecule is CCc1ccc(N=Nc2ccc(C#N)[nH]2)cc1. The lowest BCUT2D eigenvalue weighted by Gasteiger charge is -1.95. The number of nitrogens with zero attached hydrogens (tertiary/aromatic N) is 3. The first-order valence-electron chi connectivity index (χ1n) is 5.41. The van der Waals surface area contributed by atoms with Crippen LogP contribution in [-0.2, 0) is 6.42 Å². The first kappa shape index (κ1) is 11.1. The number of rotatable bonds is 3. The molecule has 2 aromatic rings. The van der Waals surface area contributed by atoms with Crippen LogP contribution < -0.4 is 0 Å². The Morgan fingerprint density at radius 2 is 1.88 bits per heavy atom. The number of aryl methyl sites for hydroxylation is 1. The highest BCUT2D eigenvalue weighted by molar-refractivity contribution is 5.40. The van der Waals surface area contributed by atoms with Crippen molar-refractivity contribution in [2.45, 2.75) is 13.3 Å². The Hall–Kier alpha value is -2.41. The molecule has 0 bridgehead atoms. The van der Waals surface area contributed by atoms with Crippen molar-refractivity contribution < 1.29 is 0 Å². The summed E-state index contributed by atoms with van der Waals surface area (Å²) in [5.74, 6) is 0.584. The van der Waals surface area contributed by atoms with E-state index < -0.39 is 0 Å². The number of aromatic amines is 1. The van der Waals surface area contributed by atoms with E-state index in [1.807, 2.05) is 30.3 Å². The van der Waals surface area contributed by atoms with Gasteiger partial charge in [-0.1, -0.05) is 19.1 Å². The molecule has 0 amide bonds. The standard InChI is InChI=1S/C13H12N4/c1-2-10-3-5-11(6-4-10)16-17-13-8-7-12(9-14)15-13/h3-8,15H,2H2,1H3. The van der Waals surface area contributed by atoms with E-state index in [1.165, 1.54) is 5.56 Å². The van der Waals surface area contributed by atoms with E-state index in [1.54, 1.807) is 12.1 Å². The Morgan fingerprint density at radius 1 is 1.12 bits per heavy atom. The van der Waals surface area contributed by atoms with Crippen molar-refractivity contribution in [2.75, 3.05) is 0 Å². The monoisotopic (exact) mass is 224 g/mol. The number of hydrogen-bond acceptors (Lipinski definition) is 3. The first-order valence-corrected chi connectivity index (χ1v) is 5.41. The molecule has 4 nitrogen and oxygen atoms in total. The van der Waals surface area contributed by atoms with Gasteiger partial charge in [-0.15, -0.1) is 10.2 Å². The molecule has 84 valence electrons. The zero-order valence-electron chi connectivity index (χ0n) is 9.51. The second-order valence-corrected chi connectivity index (χ2v) is 3.59. The predicted octanol–water partition coefficient (Wildman–Crippen LogP) is 3.86. The maximum atomic E-state index is 8.64. The average molecular weight is 224 g/mol. The van der Waals surface area contributed by atoms with Crippen molar-refractivity contribution in [1.29, 1.82) is 5.26 Å². The van der Waals surface area contributed by atoms with Gasteiger partial charge in [0.2, 0.25) is 0 Å². The van der Waals surface area contributed by atoms with Gasteiger partial charge in [-0.2, -0.15) is 5.26 Å². The molecular formula is C13H12N4. The van der Waals surface area contributed by atoms with Crippen LogP contribution in [0.4, 0.5) is 11.5 Å². The minimum absolute atomic E-state index is 0.486. The summed E-state index contributed by atoms with van der Waals surface area (Å²) in [6.45, 7) is 2.11. The van der Waals surface area contributed by atoms with Crippen LogP contribution >= 0.6 is 0 Å². The fraction of sp³-hybridized carbons (Fsp3) is 0.154. The zero-order valence-corrected chi connectivity index (χ0v) is 9.51. The van der Waals surface area contributed by atoms with Crippen LogP contribution in [0.1, 0.15) is 18.2 Å². The summed E-state index contributed by atoms with van der Waals surface area (Å²) in [7, 11) is 0. The average Bonchev–Trinajstić information content (AvgIpc) is 2.85. The predicted molar refractivity (Wildman–Crippen MR) is 65.5 cm³/mol. The summed E-state index contributed by atoms with van der Waals surface area (Å²) in [5.41, 5.74) is 2.56. The van der Waals surface area contributed by atoms with Crippen LogP contribution in [0.3, 0.4) is 0 Å². The summed E-state index contributed by atoms with van der Waals surface area (Å²) in [5, 5.41) is 16.7. The van der Waals surface area contributed by atoms with E-state index in [4.69, 9.17) is 5.26 Å². The van der Waals surface area contributed by atoms with Crippen LogP contribution in [0.15, 0.2) is 46.6 Å². The number of nitrogens with one attached hydrogen (secondary N) is 1. The quantitative estimate of drug-likeness (QED) is 0.790. The van der Waals surface area contributed by atoms with Gasteiger partial charge in [0.15, 0.2) is 5.82 Å². The molecule has 4 heteroatoms. The highest BCUT2D eigenvalue weighted by Crippen LogP contribution is 2.18. The van der Waals surface area contributed by atoms with Crippen LogP contribution in [0.5, 0.6) is 0 Å². The number of azo groups is 1. The first-order chi connectivity index (χ1) is 8.31. The van der Waals surface area contributed by atoms with E-state index in [9.17, 15) is 0 Å². The number of hydrogen-bond donors (Lipinski definition) is 1. The van der Waals surface area contributed by atoms with E-state index in [-0.39, 0.29) is 0 Å². The van der Waals surface area contributed by atoms with Gasteiger partial charge in [-0.25, -0.2) is 0 Å². The molecule has 0 aliphatic carbocycles. The molecule has 2 rings (SSSR count). The van der Waals surface area contributed by atoms with Gasteiger partial charge >= 0.3 is 0 Å². The third kappa shape index (κ3) is 2.79. The lowest BCUT2D eigenvalue weighted by atomic mass is 10.2. The third-order valence-electron chi connectivity index (χ3n) is 2.41. The maximum Gasteiger partial charge on any atom is 0.153 e. The lowest BCUT2D eigenvalue weighted by Crippen LogP contribution is -1.76. The molecule has 17 heavy (non-hydrogen) atoms. The normalized spacial score (nSPS) is 10.6. The van der Waals surface area contributed by atoms with Gasteiger partial charge in [0, 0.05) is 0 Å². The Bertz CT molecular complexity index is 558. The third-order valence-corrected chi connectivity index (χ3v) is 2.41. The molecular weight excluding hydrogens is 212 g/mol. The van der Waals surface area contributed by atoms with Gasteiger partial charge < -0.3 is 4.98 Å². The molecule has 1 aromatic heterocycles. The Balaban J connectivity index is 2.11. The van der Waals surface area contributed by atoms with Crippen LogP contribution in [0, 0.1) is 11.3 Å². The van der Waals surface area contributed by atoms with E-state index in [0.29, 0.717) is 11.5 Å². The Morgan fingerprint density at radius 3 is 2.47 bits per heavy atom. The van der Waals surface area contributed by atoms with Gasteiger partial charge in [-0.3, -0.25) is 0 Å². The number of nitriles is 1. The van der Waals surface area contributed by atoms with Crippen molar-refractivity contribution in [3.8, 4) is 6.07 Å². The molecule has 0 atom stereocenters. The minimum atomic E-state index is 0.486. The molecule has 1 heterocycles. The molecule has 0 fully saturated rings. The molecule has 0 unspecified atom stereocenters. The van der Waals surface area contributed by atoms with Gasteiger partial charge in [-0.05, 0) is 36.2 Å². The van der Waals surface area contributed by atoms with Crippen LogP contribution in [-0.4, -0.2) is 4.98 Å². The fourth-order valence-corrected chi connectivity index (χ4v) is 1.42. The molecule has 0 radical (unpaired) electrons. The zero-order chi connectivity index (χ0) is 12.1. The van der Waals surface area contributed by atoms with Gasteiger partial charge in [0.1, 0.15) is 11.8 Å². The summed E-state index contributed by atoms with van der Waals surface area (Å²) >= 11 is 0. The van der Waals surface area contributed by atoms with E-state index in [2.05, 4.69) is 22.1 Å².